The van der Waals surface area contributed by atoms with Crippen LogP contribution in [-0.4, -0.2) is 18.5 Å². The highest BCUT2D eigenvalue weighted by Crippen LogP contribution is 2.37. The molecular formula is C18H18O4. The molecule has 3 rings (SSSR count). The van der Waals surface area contributed by atoms with Crippen LogP contribution in [0.3, 0.4) is 0 Å². The lowest BCUT2D eigenvalue weighted by molar-refractivity contribution is 0.0425. The minimum Gasteiger partial charge on any atom is -0.386 e. The first-order chi connectivity index (χ1) is 10.7. The van der Waals surface area contributed by atoms with Gasteiger partial charge in [0.05, 0.1) is 17.2 Å². The molecule has 0 radical (unpaired) electrons. The maximum absolute atomic E-state index is 12.2. The lowest BCUT2D eigenvalue weighted by Gasteiger charge is -2.19. The van der Waals surface area contributed by atoms with E-state index in [0.29, 0.717) is 17.7 Å². The van der Waals surface area contributed by atoms with E-state index in [0.717, 1.165) is 29.2 Å². The van der Waals surface area contributed by atoms with Crippen molar-refractivity contribution in [3.8, 4) is 0 Å². The Morgan fingerprint density at radius 1 is 1.09 bits per heavy atom. The molecule has 0 aromatic heterocycles. The van der Waals surface area contributed by atoms with E-state index in [1.54, 1.807) is 0 Å². The zero-order chi connectivity index (χ0) is 15.7. The van der Waals surface area contributed by atoms with Crippen molar-refractivity contribution in [3.05, 3.63) is 47.0 Å². The second kappa shape index (κ2) is 5.89. The molecule has 0 amide bonds. The summed E-state index contributed by atoms with van der Waals surface area (Å²) in [6, 6.07) is 9.49. The summed E-state index contributed by atoms with van der Waals surface area (Å²) in [5.74, 6) is -1.13. The van der Waals surface area contributed by atoms with E-state index in [-0.39, 0.29) is 6.10 Å². The summed E-state index contributed by atoms with van der Waals surface area (Å²) in [7, 11) is 0. The van der Waals surface area contributed by atoms with E-state index >= 15 is 0 Å². The summed E-state index contributed by atoms with van der Waals surface area (Å²) in [4.78, 5) is 24.3. The second-order valence-electron chi connectivity index (χ2n) is 5.35. The Balaban J connectivity index is 2.28. The maximum Gasteiger partial charge on any atom is 0.347 e. The average molecular weight is 298 g/mol. The number of carbonyl (C=O) groups excluding carboxylic acids is 2. The van der Waals surface area contributed by atoms with Gasteiger partial charge in [0.15, 0.2) is 0 Å². The summed E-state index contributed by atoms with van der Waals surface area (Å²) in [6.07, 6.45) is 1.52. The molecule has 1 atom stereocenters. The molecule has 22 heavy (non-hydrogen) atoms. The van der Waals surface area contributed by atoms with Gasteiger partial charge in [0.25, 0.3) is 0 Å². The van der Waals surface area contributed by atoms with Gasteiger partial charge in [0, 0.05) is 6.61 Å². The topological polar surface area (TPSA) is 52.6 Å². The van der Waals surface area contributed by atoms with E-state index in [1.807, 2.05) is 37.3 Å². The van der Waals surface area contributed by atoms with Gasteiger partial charge in [-0.25, -0.2) is 9.59 Å². The molecule has 2 aromatic rings. The van der Waals surface area contributed by atoms with E-state index in [1.165, 1.54) is 0 Å². The number of hydrogen-bond donors (Lipinski definition) is 0. The number of rotatable bonds is 5. The van der Waals surface area contributed by atoms with Gasteiger partial charge in [-0.2, -0.15) is 0 Å². The number of hydrogen-bond acceptors (Lipinski definition) is 4. The van der Waals surface area contributed by atoms with Gasteiger partial charge in [-0.3, -0.25) is 0 Å². The zero-order valence-corrected chi connectivity index (χ0v) is 12.7. The largest absolute Gasteiger partial charge is 0.386 e. The molecule has 2 aromatic carbocycles. The molecule has 0 fully saturated rings. The van der Waals surface area contributed by atoms with Crippen LogP contribution in [-0.2, 0) is 9.47 Å². The maximum atomic E-state index is 12.2. The van der Waals surface area contributed by atoms with Crippen LogP contribution in [0.25, 0.3) is 10.8 Å². The van der Waals surface area contributed by atoms with Crippen LogP contribution in [0.15, 0.2) is 30.3 Å². The lowest BCUT2D eigenvalue weighted by Crippen LogP contribution is -2.10. The molecular weight excluding hydrogens is 280 g/mol. The van der Waals surface area contributed by atoms with Crippen LogP contribution in [0.1, 0.15) is 59.1 Å². The van der Waals surface area contributed by atoms with Crippen molar-refractivity contribution in [1.82, 2.24) is 0 Å². The minimum absolute atomic E-state index is 0.202. The summed E-state index contributed by atoms with van der Waals surface area (Å²) in [5.41, 5.74) is 1.50. The highest BCUT2D eigenvalue weighted by molar-refractivity contribution is 6.22. The van der Waals surface area contributed by atoms with Crippen LogP contribution in [0.4, 0.5) is 0 Å². The monoisotopic (exact) mass is 298 g/mol. The van der Waals surface area contributed by atoms with Crippen molar-refractivity contribution in [2.45, 2.75) is 32.8 Å². The highest BCUT2D eigenvalue weighted by atomic mass is 16.6. The average Bonchev–Trinajstić information content (AvgIpc) is 2.82. The number of benzene rings is 2. The van der Waals surface area contributed by atoms with Crippen LogP contribution in [0.2, 0.25) is 0 Å². The molecule has 0 aliphatic carbocycles. The fourth-order valence-corrected chi connectivity index (χ4v) is 3.03. The smallest absolute Gasteiger partial charge is 0.347 e. The molecule has 0 N–H and O–H groups in total. The van der Waals surface area contributed by atoms with Crippen molar-refractivity contribution >= 4 is 22.7 Å². The molecule has 114 valence electrons. The predicted octanol–water partition coefficient (Wildman–Crippen LogP) is 4.03. The third-order valence-electron chi connectivity index (χ3n) is 3.94. The number of ether oxygens (including phenoxy) is 2. The quantitative estimate of drug-likeness (QED) is 0.618. The van der Waals surface area contributed by atoms with Crippen LogP contribution in [0.5, 0.6) is 0 Å². The van der Waals surface area contributed by atoms with Crippen LogP contribution >= 0.6 is 0 Å². The third kappa shape index (κ3) is 2.29. The summed E-state index contributed by atoms with van der Waals surface area (Å²) >= 11 is 0. The molecule has 0 spiro atoms. The number of esters is 2. The molecule has 0 bridgehead atoms. The summed E-state index contributed by atoms with van der Waals surface area (Å²) in [6.45, 7) is 4.54. The third-order valence-corrected chi connectivity index (χ3v) is 3.94. The van der Waals surface area contributed by atoms with E-state index < -0.39 is 11.9 Å². The van der Waals surface area contributed by atoms with Crippen LogP contribution < -0.4 is 0 Å². The van der Waals surface area contributed by atoms with Gasteiger partial charge in [0.2, 0.25) is 0 Å². The normalized spacial score (nSPS) is 15.0. The highest BCUT2D eigenvalue weighted by Gasteiger charge is 2.36. The SMILES string of the molecule is CCCC(OCC)c1cc2ccccc2c2c1C(=O)OC2=O. The standard InChI is InChI=1S/C18H18O4/c1-3-7-14(21-4-2)13-10-11-8-5-6-9-12(11)15-16(13)18(20)22-17(15)19/h5-6,8-10,14H,3-4,7H2,1-2H3. The fourth-order valence-electron chi connectivity index (χ4n) is 3.03. The first kappa shape index (κ1) is 14.7. The van der Waals surface area contributed by atoms with Crippen molar-refractivity contribution in [2.24, 2.45) is 0 Å². The number of carbonyl (C=O) groups is 2. The molecule has 1 unspecified atom stereocenters. The summed E-state index contributed by atoms with van der Waals surface area (Å²) < 4.78 is 10.7. The molecule has 4 nitrogen and oxygen atoms in total. The Bertz CT molecular complexity index is 742. The first-order valence-electron chi connectivity index (χ1n) is 7.61. The molecule has 4 heteroatoms. The minimum atomic E-state index is -0.568. The Labute approximate surface area is 129 Å². The zero-order valence-electron chi connectivity index (χ0n) is 12.7. The van der Waals surface area contributed by atoms with E-state index in [4.69, 9.17) is 9.47 Å². The van der Waals surface area contributed by atoms with Crippen molar-refractivity contribution in [3.63, 3.8) is 0 Å². The fraction of sp³-hybridized carbons (Fsp3) is 0.333. The Morgan fingerprint density at radius 3 is 2.55 bits per heavy atom. The van der Waals surface area contributed by atoms with Gasteiger partial charge in [-0.15, -0.1) is 0 Å². The Hall–Kier alpha value is -2.20. The van der Waals surface area contributed by atoms with E-state index in [9.17, 15) is 9.59 Å². The van der Waals surface area contributed by atoms with Crippen LogP contribution in [0, 0.1) is 0 Å². The van der Waals surface area contributed by atoms with Gasteiger partial charge in [-0.1, -0.05) is 37.6 Å². The molecule has 1 aliphatic rings. The predicted molar refractivity (Wildman–Crippen MR) is 83.0 cm³/mol. The van der Waals surface area contributed by atoms with Crippen molar-refractivity contribution in [2.75, 3.05) is 6.61 Å². The Kier molecular flexibility index (Phi) is 3.94. The summed E-state index contributed by atoms with van der Waals surface area (Å²) in [5, 5.41) is 1.67. The molecule has 0 saturated carbocycles. The van der Waals surface area contributed by atoms with Gasteiger partial charge in [0.1, 0.15) is 0 Å². The first-order valence-corrected chi connectivity index (χ1v) is 7.61. The molecule has 1 heterocycles. The molecule has 1 aliphatic heterocycles. The second-order valence-corrected chi connectivity index (χ2v) is 5.35. The van der Waals surface area contributed by atoms with Gasteiger partial charge < -0.3 is 9.47 Å². The van der Waals surface area contributed by atoms with Gasteiger partial charge >= 0.3 is 11.9 Å². The number of fused-ring (bicyclic) bond motifs is 3. The lowest BCUT2D eigenvalue weighted by atomic mass is 9.91. The molecule has 0 saturated heterocycles. The van der Waals surface area contributed by atoms with Crippen molar-refractivity contribution < 1.29 is 19.1 Å². The van der Waals surface area contributed by atoms with Gasteiger partial charge in [-0.05, 0) is 35.7 Å². The van der Waals surface area contributed by atoms with Crippen molar-refractivity contribution in [1.29, 1.82) is 0 Å². The number of cyclic esters (lactones) is 2. The Morgan fingerprint density at radius 2 is 1.82 bits per heavy atom. The van der Waals surface area contributed by atoms with E-state index in [2.05, 4.69) is 6.92 Å².